The summed E-state index contributed by atoms with van der Waals surface area (Å²) in [4.78, 5) is 10.3. The SMILES string of the molecule is CC(C)[C@H](NS(N)(=O)=O)C(=O)[O-].[Na+]. The maximum Gasteiger partial charge on any atom is 1.00 e. The number of carbonyl (C=O) groups is 1. The van der Waals surface area contributed by atoms with Gasteiger partial charge in [0.1, 0.15) is 0 Å². The second-order valence-corrected chi connectivity index (χ2v) is 4.03. The molecule has 6 nitrogen and oxygen atoms in total. The van der Waals surface area contributed by atoms with Gasteiger partial charge in [0.2, 0.25) is 0 Å². The van der Waals surface area contributed by atoms with E-state index in [1.807, 2.05) is 0 Å². The average molecular weight is 218 g/mol. The second-order valence-electron chi connectivity index (χ2n) is 2.70. The molecule has 1 atom stereocenters. The van der Waals surface area contributed by atoms with Crippen LogP contribution in [-0.2, 0) is 15.0 Å². The molecule has 0 rings (SSSR count). The van der Waals surface area contributed by atoms with Crippen LogP contribution in [0, 0.1) is 5.92 Å². The van der Waals surface area contributed by atoms with Crippen molar-refractivity contribution in [2.75, 3.05) is 0 Å². The summed E-state index contributed by atoms with van der Waals surface area (Å²) in [5.41, 5.74) is 0. The summed E-state index contributed by atoms with van der Waals surface area (Å²) in [6.07, 6.45) is 0. The Morgan fingerprint density at radius 3 is 1.92 bits per heavy atom. The standard InChI is InChI=1S/C5H12N2O4S.Na/c1-3(2)4(5(8)9)7-12(6,10)11;/h3-4,7H,1-2H3,(H,8,9)(H2,6,10,11);/q;+1/p-1/t4-;/m0./s1. The van der Waals surface area contributed by atoms with Crippen LogP contribution in [-0.4, -0.2) is 20.4 Å². The molecule has 0 unspecified atom stereocenters. The van der Waals surface area contributed by atoms with E-state index in [1.54, 1.807) is 18.6 Å². The molecule has 0 aromatic rings. The molecule has 0 heterocycles. The van der Waals surface area contributed by atoms with Crippen molar-refractivity contribution in [1.29, 1.82) is 0 Å². The largest absolute Gasteiger partial charge is 1.00 e. The number of rotatable bonds is 4. The van der Waals surface area contributed by atoms with Crippen LogP contribution in [0.25, 0.3) is 0 Å². The number of nitrogens with one attached hydrogen (secondary N) is 1. The number of nitrogens with two attached hydrogens (primary N) is 1. The molecule has 3 N–H and O–H groups in total. The van der Waals surface area contributed by atoms with Crippen molar-refractivity contribution >= 4 is 16.2 Å². The summed E-state index contributed by atoms with van der Waals surface area (Å²) in [5.74, 6) is -1.90. The summed E-state index contributed by atoms with van der Waals surface area (Å²) in [7, 11) is -3.98. The van der Waals surface area contributed by atoms with E-state index in [0.717, 1.165) is 0 Å². The Labute approximate surface area is 99.4 Å². The minimum absolute atomic E-state index is 0. The minimum Gasteiger partial charge on any atom is -0.548 e. The Hall–Kier alpha value is 0.340. The maximum atomic E-state index is 10.4. The Morgan fingerprint density at radius 2 is 1.85 bits per heavy atom. The first-order chi connectivity index (χ1) is 5.24. The summed E-state index contributed by atoms with van der Waals surface area (Å²) >= 11 is 0. The van der Waals surface area contributed by atoms with Crippen molar-refractivity contribution < 1.29 is 47.9 Å². The molecule has 0 amide bonds. The van der Waals surface area contributed by atoms with E-state index in [2.05, 4.69) is 5.14 Å². The van der Waals surface area contributed by atoms with Crippen LogP contribution in [0.2, 0.25) is 0 Å². The fourth-order valence-electron chi connectivity index (χ4n) is 0.633. The third-order valence-corrected chi connectivity index (χ3v) is 1.79. The third-order valence-electron chi connectivity index (χ3n) is 1.21. The second kappa shape index (κ2) is 5.94. The number of carbonyl (C=O) groups excluding carboxylic acids is 1. The smallest absolute Gasteiger partial charge is 0.548 e. The number of hydrogen-bond donors (Lipinski definition) is 2. The number of carboxylic acids is 1. The van der Waals surface area contributed by atoms with Crippen LogP contribution in [0.3, 0.4) is 0 Å². The predicted octanol–water partition coefficient (Wildman–Crippen LogP) is -5.44. The van der Waals surface area contributed by atoms with Crippen LogP contribution in [0.1, 0.15) is 13.8 Å². The first-order valence-electron chi connectivity index (χ1n) is 3.25. The fourth-order valence-corrected chi connectivity index (χ4v) is 1.36. The van der Waals surface area contributed by atoms with Crippen LogP contribution >= 0.6 is 0 Å². The number of hydrogen-bond acceptors (Lipinski definition) is 4. The van der Waals surface area contributed by atoms with Gasteiger partial charge in [-0.05, 0) is 5.92 Å². The molecule has 0 saturated carbocycles. The molecule has 0 aliphatic heterocycles. The molecule has 0 aromatic heterocycles. The van der Waals surface area contributed by atoms with Crippen LogP contribution in [0.15, 0.2) is 0 Å². The molecule has 0 bridgehead atoms. The van der Waals surface area contributed by atoms with Gasteiger partial charge in [-0.15, -0.1) is 0 Å². The third kappa shape index (κ3) is 7.41. The van der Waals surface area contributed by atoms with Crippen LogP contribution < -0.4 is 44.5 Å². The molecule has 0 radical (unpaired) electrons. The Morgan fingerprint density at radius 1 is 1.46 bits per heavy atom. The molecule has 0 saturated heterocycles. The van der Waals surface area contributed by atoms with Crippen molar-refractivity contribution in [2.24, 2.45) is 11.1 Å². The van der Waals surface area contributed by atoms with Crippen molar-refractivity contribution in [3.05, 3.63) is 0 Å². The van der Waals surface area contributed by atoms with Crippen LogP contribution in [0.4, 0.5) is 0 Å². The van der Waals surface area contributed by atoms with Crippen molar-refractivity contribution in [1.82, 2.24) is 4.72 Å². The average Bonchev–Trinajstić information content (AvgIpc) is 1.79. The normalized spacial score (nSPS) is 13.5. The van der Waals surface area contributed by atoms with Gasteiger partial charge >= 0.3 is 29.6 Å². The van der Waals surface area contributed by atoms with Gasteiger partial charge in [0, 0.05) is 0 Å². The number of aliphatic carboxylic acids is 1. The molecular formula is C5H11N2NaO4S. The van der Waals surface area contributed by atoms with Crippen molar-refractivity contribution in [3.63, 3.8) is 0 Å². The first kappa shape index (κ1) is 15.8. The van der Waals surface area contributed by atoms with Gasteiger partial charge in [0.15, 0.2) is 0 Å². The van der Waals surface area contributed by atoms with Gasteiger partial charge in [-0.25, -0.2) is 5.14 Å². The molecular weight excluding hydrogens is 207 g/mol. The summed E-state index contributed by atoms with van der Waals surface area (Å²) < 4.78 is 22.6. The zero-order chi connectivity index (χ0) is 9.94. The van der Waals surface area contributed by atoms with Crippen LogP contribution in [0.5, 0.6) is 0 Å². The molecule has 0 aliphatic rings. The quantitative estimate of drug-likeness (QED) is 0.458. The van der Waals surface area contributed by atoms with E-state index < -0.39 is 28.1 Å². The van der Waals surface area contributed by atoms with E-state index in [-0.39, 0.29) is 29.6 Å². The molecule has 72 valence electrons. The summed E-state index contributed by atoms with van der Waals surface area (Å²) in [6, 6.07) is -1.28. The molecule has 8 heteroatoms. The van der Waals surface area contributed by atoms with Gasteiger partial charge in [-0.2, -0.15) is 13.1 Å². The van der Waals surface area contributed by atoms with E-state index in [0.29, 0.717) is 0 Å². The minimum atomic E-state index is -3.98. The maximum absolute atomic E-state index is 10.4. The molecule has 0 aliphatic carbocycles. The molecule has 0 aromatic carbocycles. The topological polar surface area (TPSA) is 112 Å². The summed E-state index contributed by atoms with van der Waals surface area (Å²) in [6.45, 7) is 3.08. The monoisotopic (exact) mass is 218 g/mol. The first-order valence-corrected chi connectivity index (χ1v) is 4.79. The Balaban J connectivity index is 0. The predicted molar refractivity (Wildman–Crippen MR) is 39.9 cm³/mol. The van der Waals surface area contributed by atoms with E-state index >= 15 is 0 Å². The molecule has 13 heavy (non-hydrogen) atoms. The van der Waals surface area contributed by atoms with Gasteiger partial charge in [-0.3, -0.25) is 0 Å². The fraction of sp³-hybridized carbons (Fsp3) is 0.800. The summed E-state index contributed by atoms with van der Waals surface area (Å²) in [5, 5.41) is 14.9. The Kier molecular flexibility index (Phi) is 7.22. The van der Waals surface area contributed by atoms with E-state index in [9.17, 15) is 18.3 Å². The van der Waals surface area contributed by atoms with Gasteiger partial charge in [0.05, 0.1) is 12.0 Å². The zero-order valence-electron chi connectivity index (χ0n) is 7.77. The van der Waals surface area contributed by atoms with Crippen molar-refractivity contribution in [2.45, 2.75) is 19.9 Å². The van der Waals surface area contributed by atoms with Crippen molar-refractivity contribution in [3.8, 4) is 0 Å². The van der Waals surface area contributed by atoms with Gasteiger partial charge in [0.25, 0.3) is 10.2 Å². The van der Waals surface area contributed by atoms with E-state index in [4.69, 9.17) is 0 Å². The number of carboxylic acid groups (broad SMARTS) is 1. The van der Waals surface area contributed by atoms with Gasteiger partial charge < -0.3 is 9.90 Å². The zero-order valence-corrected chi connectivity index (χ0v) is 10.6. The molecule has 0 fully saturated rings. The van der Waals surface area contributed by atoms with Gasteiger partial charge in [-0.1, -0.05) is 13.8 Å². The van der Waals surface area contributed by atoms with E-state index in [1.165, 1.54) is 0 Å². The molecule has 0 spiro atoms. The Bertz CT molecular complexity index is 264.